The highest BCUT2D eigenvalue weighted by Gasteiger charge is 2.18. The Balaban J connectivity index is 1.93. The predicted molar refractivity (Wildman–Crippen MR) is 74.4 cm³/mol. The van der Waals surface area contributed by atoms with Gasteiger partial charge in [0.05, 0.1) is 25.4 Å². The van der Waals surface area contributed by atoms with Crippen molar-refractivity contribution in [3.63, 3.8) is 0 Å². The van der Waals surface area contributed by atoms with Crippen molar-refractivity contribution in [2.45, 2.75) is 31.9 Å². The molecule has 0 aliphatic carbocycles. The van der Waals surface area contributed by atoms with Crippen LogP contribution in [0, 0.1) is 0 Å². The van der Waals surface area contributed by atoms with E-state index in [0.29, 0.717) is 6.61 Å². The molecule has 1 heterocycles. The second kappa shape index (κ2) is 7.48. The highest BCUT2D eigenvalue weighted by atomic mass is 16.5. The van der Waals surface area contributed by atoms with Crippen molar-refractivity contribution in [3.05, 3.63) is 29.8 Å². The second-order valence-electron chi connectivity index (χ2n) is 4.78. The summed E-state index contributed by atoms with van der Waals surface area (Å²) in [5, 5.41) is 12.9. The summed E-state index contributed by atoms with van der Waals surface area (Å²) in [6.07, 6.45) is 2.52. The average Bonchev–Trinajstić information content (AvgIpc) is 2.94. The summed E-state index contributed by atoms with van der Waals surface area (Å²) in [4.78, 5) is 0. The van der Waals surface area contributed by atoms with E-state index in [1.165, 1.54) is 0 Å². The maximum atomic E-state index is 9.53. The molecule has 106 valence electrons. The zero-order valence-electron chi connectivity index (χ0n) is 11.5. The van der Waals surface area contributed by atoms with Gasteiger partial charge < -0.3 is 19.9 Å². The Morgan fingerprint density at radius 2 is 2.42 bits per heavy atom. The summed E-state index contributed by atoms with van der Waals surface area (Å²) in [7, 11) is 0. The highest BCUT2D eigenvalue weighted by molar-refractivity contribution is 5.30. The molecule has 19 heavy (non-hydrogen) atoms. The first-order chi connectivity index (χ1) is 9.33. The topological polar surface area (TPSA) is 50.7 Å². The monoisotopic (exact) mass is 265 g/mol. The Bertz CT molecular complexity index is 377. The fraction of sp³-hybridized carbons (Fsp3) is 0.600. The van der Waals surface area contributed by atoms with Crippen LogP contribution in [0.25, 0.3) is 0 Å². The van der Waals surface area contributed by atoms with E-state index < -0.39 is 0 Å². The lowest BCUT2D eigenvalue weighted by molar-refractivity contribution is 0.104. The molecule has 1 aromatic rings. The molecule has 1 aliphatic rings. The molecule has 2 N–H and O–H groups in total. The maximum Gasteiger partial charge on any atom is 0.119 e. The number of rotatable bonds is 7. The molecule has 2 atom stereocenters. The van der Waals surface area contributed by atoms with Gasteiger partial charge in [-0.15, -0.1) is 0 Å². The second-order valence-corrected chi connectivity index (χ2v) is 4.78. The van der Waals surface area contributed by atoms with Gasteiger partial charge in [0, 0.05) is 13.2 Å². The van der Waals surface area contributed by atoms with E-state index in [2.05, 4.69) is 5.32 Å². The third-order valence-electron chi connectivity index (χ3n) is 3.37. The lowest BCUT2D eigenvalue weighted by Crippen LogP contribution is -2.31. The predicted octanol–water partition coefficient (Wildman–Crippen LogP) is 1.89. The van der Waals surface area contributed by atoms with Crippen molar-refractivity contribution in [2.24, 2.45) is 0 Å². The summed E-state index contributed by atoms with van der Waals surface area (Å²) in [6.45, 7) is 4.32. The SMILES string of the molecule is CCOc1cccc(C(CO)NCC2CCCO2)c1. The molecule has 1 aromatic carbocycles. The highest BCUT2D eigenvalue weighted by Crippen LogP contribution is 2.20. The normalized spacial score (nSPS) is 20.4. The van der Waals surface area contributed by atoms with Gasteiger partial charge in [-0.2, -0.15) is 0 Å². The van der Waals surface area contributed by atoms with Gasteiger partial charge in [0.1, 0.15) is 5.75 Å². The third kappa shape index (κ3) is 4.20. The van der Waals surface area contributed by atoms with Gasteiger partial charge in [0.15, 0.2) is 0 Å². The number of hydrogen-bond donors (Lipinski definition) is 2. The minimum atomic E-state index is -0.0652. The van der Waals surface area contributed by atoms with Crippen molar-refractivity contribution < 1.29 is 14.6 Å². The lowest BCUT2D eigenvalue weighted by atomic mass is 10.1. The fourth-order valence-corrected chi connectivity index (χ4v) is 2.35. The van der Waals surface area contributed by atoms with E-state index in [9.17, 15) is 5.11 Å². The minimum absolute atomic E-state index is 0.0652. The van der Waals surface area contributed by atoms with Gasteiger partial charge in [0.25, 0.3) is 0 Å². The molecular weight excluding hydrogens is 242 g/mol. The Morgan fingerprint density at radius 1 is 1.53 bits per heavy atom. The Kier molecular flexibility index (Phi) is 5.63. The Hall–Kier alpha value is -1.10. The molecule has 0 bridgehead atoms. The van der Waals surface area contributed by atoms with Gasteiger partial charge in [-0.3, -0.25) is 0 Å². The number of benzene rings is 1. The summed E-state index contributed by atoms with van der Waals surface area (Å²) in [6, 6.07) is 7.81. The van der Waals surface area contributed by atoms with Crippen LogP contribution in [0.1, 0.15) is 31.4 Å². The molecule has 2 rings (SSSR count). The van der Waals surface area contributed by atoms with E-state index in [4.69, 9.17) is 9.47 Å². The standard InChI is InChI=1S/C15H23NO3/c1-2-18-13-6-3-5-12(9-13)15(11-17)16-10-14-7-4-8-19-14/h3,5-6,9,14-17H,2,4,7-8,10-11H2,1H3. The molecule has 1 aliphatic heterocycles. The van der Waals surface area contributed by atoms with Gasteiger partial charge in [-0.05, 0) is 37.5 Å². The van der Waals surface area contributed by atoms with Crippen LogP contribution in [0.5, 0.6) is 5.75 Å². The van der Waals surface area contributed by atoms with E-state index in [1.54, 1.807) is 0 Å². The molecule has 0 saturated carbocycles. The van der Waals surface area contributed by atoms with Crippen molar-refractivity contribution in [2.75, 3.05) is 26.4 Å². The van der Waals surface area contributed by atoms with Crippen LogP contribution in [0.3, 0.4) is 0 Å². The summed E-state index contributed by atoms with van der Waals surface area (Å²) in [5.41, 5.74) is 1.05. The summed E-state index contributed by atoms with van der Waals surface area (Å²) < 4.78 is 11.1. The van der Waals surface area contributed by atoms with Crippen LogP contribution in [0.15, 0.2) is 24.3 Å². The Morgan fingerprint density at radius 3 is 3.11 bits per heavy atom. The number of aliphatic hydroxyl groups is 1. The number of aliphatic hydroxyl groups excluding tert-OH is 1. The van der Waals surface area contributed by atoms with E-state index in [0.717, 1.165) is 37.3 Å². The average molecular weight is 265 g/mol. The quantitative estimate of drug-likeness (QED) is 0.790. The Labute approximate surface area is 114 Å². The third-order valence-corrected chi connectivity index (χ3v) is 3.37. The molecule has 1 fully saturated rings. The summed E-state index contributed by atoms with van der Waals surface area (Å²) in [5.74, 6) is 0.845. The number of hydrogen-bond acceptors (Lipinski definition) is 4. The zero-order chi connectivity index (χ0) is 13.5. The smallest absolute Gasteiger partial charge is 0.119 e. The van der Waals surface area contributed by atoms with Crippen LogP contribution in [-0.2, 0) is 4.74 Å². The van der Waals surface area contributed by atoms with Crippen molar-refractivity contribution in [1.29, 1.82) is 0 Å². The van der Waals surface area contributed by atoms with Crippen molar-refractivity contribution >= 4 is 0 Å². The van der Waals surface area contributed by atoms with Gasteiger partial charge in [-0.1, -0.05) is 12.1 Å². The van der Waals surface area contributed by atoms with Crippen LogP contribution >= 0.6 is 0 Å². The first-order valence-corrected chi connectivity index (χ1v) is 7.02. The van der Waals surface area contributed by atoms with Gasteiger partial charge >= 0.3 is 0 Å². The van der Waals surface area contributed by atoms with E-state index in [1.807, 2.05) is 31.2 Å². The molecule has 0 radical (unpaired) electrons. The molecular formula is C15H23NO3. The van der Waals surface area contributed by atoms with Crippen LogP contribution in [0.4, 0.5) is 0 Å². The molecule has 0 amide bonds. The van der Waals surface area contributed by atoms with Crippen LogP contribution < -0.4 is 10.1 Å². The molecule has 1 saturated heterocycles. The summed E-state index contributed by atoms with van der Waals surface area (Å²) >= 11 is 0. The van der Waals surface area contributed by atoms with Crippen molar-refractivity contribution in [3.8, 4) is 5.75 Å². The zero-order valence-corrected chi connectivity index (χ0v) is 11.5. The lowest BCUT2D eigenvalue weighted by Gasteiger charge is -2.19. The molecule has 0 spiro atoms. The number of ether oxygens (including phenoxy) is 2. The van der Waals surface area contributed by atoms with E-state index >= 15 is 0 Å². The molecule has 4 nitrogen and oxygen atoms in total. The molecule has 4 heteroatoms. The first kappa shape index (κ1) is 14.3. The minimum Gasteiger partial charge on any atom is -0.494 e. The largest absolute Gasteiger partial charge is 0.494 e. The molecule has 2 unspecified atom stereocenters. The first-order valence-electron chi connectivity index (χ1n) is 7.02. The number of nitrogens with one attached hydrogen (secondary N) is 1. The fourth-order valence-electron chi connectivity index (χ4n) is 2.35. The van der Waals surface area contributed by atoms with Gasteiger partial charge in [0.2, 0.25) is 0 Å². The van der Waals surface area contributed by atoms with Crippen molar-refractivity contribution in [1.82, 2.24) is 5.32 Å². The van der Waals surface area contributed by atoms with Gasteiger partial charge in [-0.25, -0.2) is 0 Å². The van der Waals surface area contributed by atoms with Crippen LogP contribution in [-0.4, -0.2) is 37.6 Å². The van der Waals surface area contributed by atoms with Crippen LogP contribution in [0.2, 0.25) is 0 Å². The molecule has 0 aromatic heterocycles. The van der Waals surface area contributed by atoms with E-state index in [-0.39, 0.29) is 18.8 Å². The maximum absolute atomic E-state index is 9.53.